The Hall–Kier alpha value is -4.00. The van der Waals surface area contributed by atoms with Crippen molar-refractivity contribution < 1.29 is 33.8 Å². The third kappa shape index (κ3) is 7.17. The Morgan fingerprint density at radius 2 is 1.73 bits per heavy atom. The zero-order valence-electron chi connectivity index (χ0n) is 30.5. The van der Waals surface area contributed by atoms with Crippen LogP contribution in [0.15, 0.2) is 79.9 Å². The fraction of sp³-hybridized carbons (Fsp3) is 0.500. The van der Waals surface area contributed by atoms with Gasteiger partial charge in [-0.3, -0.25) is 19.2 Å². The number of aliphatic hydroxyl groups is 1. The van der Waals surface area contributed by atoms with Crippen LogP contribution < -0.4 is 9.80 Å². The van der Waals surface area contributed by atoms with Gasteiger partial charge in [-0.2, -0.15) is 0 Å². The Balaban J connectivity index is 1.49. The maximum Gasteiger partial charge on any atom is 0.313 e. The van der Waals surface area contributed by atoms with Crippen molar-refractivity contribution in [3.05, 3.63) is 85.5 Å². The van der Waals surface area contributed by atoms with Gasteiger partial charge in [0.1, 0.15) is 17.7 Å². The molecule has 3 amide bonds. The van der Waals surface area contributed by atoms with Gasteiger partial charge in [-0.25, -0.2) is 0 Å². The number of esters is 1. The van der Waals surface area contributed by atoms with Crippen molar-refractivity contribution in [1.82, 2.24) is 9.80 Å². The van der Waals surface area contributed by atoms with Gasteiger partial charge in [0.2, 0.25) is 11.8 Å². The minimum absolute atomic E-state index is 0.111. The number of likely N-dealkylation sites (N-methyl/N-ethyl adjacent to an activating group) is 1. The van der Waals surface area contributed by atoms with Crippen molar-refractivity contribution in [2.45, 2.75) is 74.8 Å². The van der Waals surface area contributed by atoms with E-state index in [2.05, 4.69) is 47.8 Å². The van der Waals surface area contributed by atoms with Crippen molar-refractivity contribution in [2.24, 2.45) is 11.8 Å². The molecule has 5 rings (SSSR count). The van der Waals surface area contributed by atoms with E-state index >= 15 is 0 Å². The number of allylic oxidation sites excluding steroid dienone is 1. The van der Waals surface area contributed by atoms with Crippen LogP contribution in [0, 0.1) is 11.8 Å². The maximum absolute atomic E-state index is 14.8. The summed E-state index contributed by atoms with van der Waals surface area (Å²) in [6.07, 6.45) is 2.81. The SMILES string of the molecule is C=CCCC(=O)N(C)[C@H](C)[C@H](OC(=O)[C@@H]1[C@H]2O[C@@]3(CC2Br)[C@H](C(=O)N(CC=C)c2ccc(N(CC)CC)cc2)N(CCO)C(=O)[C@@H]13)c1ccccc1. The Morgan fingerprint density at radius 3 is 2.33 bits per heavy atom. The number of hydrogen-bond donors (Lipinski definition) is 1. The molecule has 0 radical (unpaired) electrons. The zero-order valence-corrected chi connectivity index (χ0v) is 32.1. The fourth-order valence-electron chi connectivity index (χ4n) is 8.18. The van der Waals surface area contributed by atoms with Crippen LogP contribution in [-0.4, -0.2) is 107 Å². The van der Waals surface area contributed by atoms with Crippen molar-refractivity contribution in [3.63, 3.8) is 0 Å². The molecule has 12 heteroatoms. The molecule has 3 heterocycles. The van der Waals surface area contributed by atoms with E-state index in [0.29, 0.717) is 24.1 Å². The molecular formula is C40H51BrN4O7. The molecule has 280 valence electrons. The van der Waals surface area contributed by atoms with Gasteiger partial charge in [0.25, 0.3) is 5.91 Å². The number of rotatable bonds is 17. The molecule has 11 nitrogen and oxygen atoms in total. The van der Waals surface area contributed by atoms with Gasteiger partial charge in [-0.15, -0.1) is 13.2 Å². The van der Waals surface area contributed by atoms with Crippen LogP contribution in [0.5, 0.6) is 0 Å². The van der Waals surface area contributed by atoms with E-state index in [0.717, 1.165) is 18.8 Å². The van der Waals surface area contributed by atoms with Crippen LogP contribution >= 0.6 is 15.9 Å². The lowest BCUT2D eigenvalue weighted by atomic mass is 9.70. The van der Waals surface area contributed by atoms with E-state index in [1.807, 2.05) is 61.5 Å². The first-order valence-corrected chi connectivity index (χ1v) is 19.0. The third-order valence-corrected chi connectivity index (χ3v) is 11.7. The van der Waals surface area contributed by atoms with E-state index in [1.54, 1.807) is 29.0 Å². The number of carbonyl (C=O) groups excluding carboxylic acids is 4. The number of carbonyl (C=O) groups is 4. The molecule has 0 aliphatic carbocycles. The third-order valence-electron chi connectivity index (χ3n) is 10.9. The fourth-order valence-corrected chi connectivity index (χ4v) is 9.12. The van der Waals surface area contributed by atoms with E-state index in [-0.39, 0.29) is 42.8 Å². The maximum atomic E-state index is 14.8. The van der Waals surface area contributed by atoms with Gasteiger partial charge in [0, 0.05) is 55.8 Å². The van der Waals surface area contributed by atoms with Crippen molar-refractivity contribution >= 4 is 51.0 Å². The largest absolute Gasteiger partial charge is 0.455 e. The first-order chi connectivity index (χ1) is 25.0. The number of hydrogen-bond acceptors (Lipinski definition) is 8. The highest BCUT2D eigenvalue weighted by Gasteiger charge is 2.77. The van der Waals surface area contributed by atoms with Gasteiger partial charge >= 0.3 is 5.97 Å². The summed E-state index contributed by atoms with van der Waals surface area (Å²) in [6, 6.07) is 15.2. The highest BCUT2D eigenvalue weighted by molar-refractivity contribution is 9.09. The van der Waals surface area contributed by atoms with E-state index < -0.39 is 53.6 Å². The molecular weight excluding hydrogens is 728 g/mol. The lowest BCUT2D eigenvalue weighted by molar-refractivity contribution is -0.164. The number of ether oxygens (including phenoxy) is 2. The highest BCUT2D eigenvalue weighted by atomic mass is 79.9. The quantitative estimate of drug-likeness (QED) is 0.137. The molecule has 3 aliphatic rings. The highest BCUT2D eigenvalue weighted by Crippen LogP contribution is 2.60. The number of amides is 3. The molecule has 1 unspecified atom stereocenters. The second kappa shape index (κ2) is 16.8. The Kier molecular flexibility index (Phi) is 12.6. The summed E-state index contributed by atoms with van der Waals surface area (Å²) in [5.41, 5.74) is 0.994. The molecule has 2 aromatic carbocycles. The minimum Gasteiger partial charge on any atom is -0.455 e. The lowest BCUT2D eigenvalue weighted by Crippen LogP contribution is -2.57. The van der Waals surface area contributed by atoms with Crippen LogP contribution in [0.2, 0.25) is 0 Å². The van der Waals surface area contributed by atoms with E-state index in [4.69, 9.17) is 9.47 Å². The molecule has 1 N–H and O–H groups in total. The van der Waals surface area contributed by atoms with E-state index in [9.17, 15) is 24.3 Å². The first kappa shape index (κ1) is 39.2. The summed E-state index contributed by atoms with van der Waals surface area (Å²) in [4.78, 5) is 63.1. The standard InChI is InChI=1S/C40H51BrN4O7/c1-7-11-17-31(47)42(6)26(5)34(27-15-13-12-14-16-27)51-39(50)32-33-37(48)45(23-24-46)36(40(33)25-30(41)35(32)52-40)38(49)44(22-8-2)29-20-18-28(19-21-29)43(9-3)10-4/h7-8,12-16,18-21,26,30,32-36,46H,1-2,9-11,17,22-25H2,3-6H3/t26-,30?,32+,33-,34+,35+,36+,40-/m1/s1. The van der Waals surface area contributed by atoms with Crippen LogP contribution in [-0.2, 0) is 28.7 Å². The van der Waals surface area contributed by atoms with Gasteiger partial charge < -0.3 is 34.2 Å². The van der Waals surface area contributed by atoms with Gasteiger partial charge in [0.15, 0.2) is 0 Å². The Bertz CT molecular complexity index is 1620. The lowest BCUT2D eigenvalue weighted by Gasteiger charge is -2.37. The van der Waals surface area contributed by atoms with Crippen LogP contribution in [0.25, 0.3) is 0 Å². The summed E-state index contributed by atoms with van der Waals surface area (Å²) >= 11 is 3.73. The number of anilines is 2. The summed E-state index contributed by atoms with van der Waals surface area (Å²) in [7, 11) is 1.68. The predicted octanol–water partition coefficient (Wildman–Crippen LogP) is 4.89. The number of aliphatic hydroxyl groups excluding tert-OH is 1. The van der Waals surface area contributed by atoms with Gasteiger partial charge in [-0.1, -0.05) is 58.4 Å². The molecule has 0 saturated carbocycles. The summed E-state index contributed by atoms with van der Waals surface area (Å²) < 4.78 is 13.0. The van der Waals surface area contributed by atoms with Crippen molar-refractivity contribution in [3.8, 4) is 0 Å². The number of nitrogens with zero attached hydrogens (tertiary/aromatic N) is 4. The Morgan fingerprint density at radius 1 is 1.08 bits per heavy atom. The average molecular weight is 780 g/mol. The van der Waals surface area contributed by atoms with Crippen molar-refractivity contribution in [2.75, 3.05) is 49.6 Å². The molecule has 1 spiro atoms. The van der Waals surface area contributed by atoms with Crippen molar-refractivity contribution in [1.29, 1.82) is 0 Å². The second-order valence-corrected chi connectivity index (χ2v) is 14.9. The molecule has 3 saturated heterocycles. The number of benzene rings is 2. The number of β-amino-alcohol motifs (C(OH)–C–C–N with tert-alkyl or cyclic N) is 1. The predicted molar refractivity (Wildman–Crippen MR) is 204 cm³/mol. The number of halogens is 1. The summed E-state index contributed by atoms with van der Waals surface area (Å²) in [5, 5.41) is 10.1. The summed E-state index contributed by atoms with van der Waals surface area (Å²) in [6.45, 7) is 14.9. The smallest absolute Gasteiger partial charge is 0.313 e. The second-order valence-electron chi connectivity index (χ2n) is 13.7. The first-order valence-electron chi connectivity index (χ1n) is 18.1. The molecule has 52 heavy (non-hydrogen) atoms. The van der Waals surface area contributed by atoms with Crippen LogP contribution in [0.3, 0.4) is 0 Å². The monoisotopic (exact) mass is 778 g/mol. The zero-order chi connectivity index (χ0) is 37.7. The average Bonchev–Trinajstić information content (AvgIpc) is 3.75. The number of fused-ring (bicyclic) bond motifs is 1. The Labute approximate surface area is 315 Å². The van der Waals surface area contributed by atoms with E-state index in [1.165, 1.54) is 4.90 Å². The molecule has 0 aromatic heterocycles. The normalized spacial score (nSPS) is 25.6. The molecule has 8 atom stereocenters. The molecule has 3 aliphatic heterocycles. The van der Waals surface area contributed by atoms with Crippen LogP contribution in [0.4, 0.5) is 11.4 Å². The molecule has 3 fully saturated rings. The number of likely N-dealkylation sites (tertiary alicyclic amines) is 1. The van der Waals surface area contributed by atoms with Gasteiger partial charge in [0.05, 0.1) is 30.6 Å². The molecule has 2 aromatic rings. The molecule has 2 bridgehead atoms. The topological polar surface area (TPSA) is 120 Å². The van der Waals surface area contributed by atoms with Crippen LogP contribution in [0.1, 0.15) is 51.7 Å². The van der Waals surface area contributed by atoms with Gasteiger partial charge in [-0.05, 0) is 63.4 Å². The summed E-state index contributed by atoms with van der Waals surface area (Å²) in [5.74, 6) is -3.64. The minimum atomic E-state index is -1.35. The number of alkyl halides is 1.